The van der Waals surface area contributed by atoms with Crippen molar-refractivity contribution in [3.8, 4) is 0 Å². The van der Waals surface area contributed by atoms with Crippen molar-refractivity contribution in [2.45, 2.75) is 37.6 Å². The van der Waals surface area contributed by atoms with Gasteiger partial charge in [0.05, 0.1) is 0 Å². The van der Waals surface area contributed by atoms with Crippen molar-refractivity contribution in [3.05, 3.63) is 35.4 Å². The van der Waals surface area contributed by atoms with Gasteiger partial charge < -0.3 is 10.8 Å². The first-order valence-corrected chi connectivity index (χ1v) is 5.50. The van der Waals surface area contributed by atoms with Gasteiger partial charge in [0.15, 0.2) is 0 Å². The van der Waals surface area contributed by atoms with E-state index in [0.717, 1.165) is 24.0 Å². The van der Waals surface area contributed by atoms with Crippen LogP contribution in [-0.2, 0) is 10.2 Å². The number of aliphatic carboxylic acids is 1. The molecule has 1 aliphatic rings. The lowest BCUT2D eigenvalue weighted by Gasteiger charge is -2.31. The lowest BCUT2D eigenvalue weighted by atomic mass is 9.76. The zero-order chi connectivity index (χ0) is 12.0. The Morgan fingerprint density at radius 2 is 2.00 bits per heavy atom. The van der Waals surface area contributed by atoms with Crippen LogP contribution in [0, 0.1) is 6.92 Å². The molecule has 0 bridgehead atoms. The Kier molecular flexibility index (Phi) is 2.31. The highest BCUT2D eigenvalue weighted by atomic mass is 16.4. The second-order valence-electron chi connectivity index (χ2n) is 4.90. The van der Waals surface area contributed by atoms with E-state index in [1.165, 1.54) is 0 Å². The SMILES string of the molecule is Cc1ccccc1C1(C(C)(N)C(=O)O)CC1. The molecule has 1 saturated carbocycles. The Bertz CT molecular complexity index is 433. The largest absolute Gasteiger partial charge is 0.480 e. The van der Waals surface area contributed by atoms with E-state index in [0.29, 0.717) is 0 Å². The van der Waals surface area contributed by atoms with Crippen molar-refractivity contribution in [2.75, 3.05) is 0 Å². The molecule has 3 nitrogen and oxygen atoms in total. The fraction of sp³-hybridized carbons (Fsp3) is 0.462. The molecule has 3 heteroatoms. The third-order valence-electron chi connectivity index (χ3n) is 3.85. The maximum atomic E-state index is 11.3. The minimum atomic E-state index is -1.18. The monoisotopic (exact) mass is 219 g/mol. The van der Waals surface area contributed by atoms with Crippen LogP contribution in [0.4, 0.5) is 0 Å². The fourth-order valence-corrected chi connectivity index (χ4v) is 2.51. The van der Waals surface area contributed by atoms with Gasteiger partial charge in [0, 0.05) is 5.41 Å². The zero-order valence-corrected chi connectivity index (χ0v) is 9.66. The Balaban J connectivity index is 2.49. The molecule has 1 atom stereocenters. The van der Waals surface area contributed by atoms with E-state index in [9.17, 15) is 9.90 Å². The number of rotatable bonds is 3. The summed E-state index contributed by atoms with van der Waals surface area (Å²) in [6.07, 6.45) is 1.72. The third kappa shape index (κ3) is 1.35. The maximum absolute atomic E-state index is 11.3. The van der Waals surface area contributed by atoms with Crippen LogP contribution in [0.1, 0.15) is 30.9 Å². The molecular formula is C13H17NO2. The first-order chi connectivity index (χ1) is 7.42. The van der Waals surface area contributed by atoms with E-state index >= 15 is 0 Å². The number of aryl methyl sites for hydroxylation is 1. The van der Waals surface area contributed by atoms with Gasteiger partial charge in [-0.05, 0) is 37.8 Å². The molecule has 1 aliphatic carbocycles. The van der Waals surface area contributed by atoms with Crippen molar-refractivity contribution < 1.29 is 9.90 Å². The summed E-state index contributed by atoms with van der Waals surface area (Å²) >= 11 is 0. The van der Waals surface area contributed by atoms with Crippen LogP contribution in [0.3, 0.4) is 0 Å². The van der Waals surface area contributed by atoms with Gasteiger partial charge in [-0.2, -0.15) is 0 Å². The predicted molar refractivity (Wildman–Crippen MR) is 62.3 cm³/mol. The number of hydrogen-bond acceptors (Lipinski definition) is 2. The van der Waals surface area contributed by atoms with E-state index < -0.39 is 11.5 Å². The molecule has 0 aromatic heterocycles. The average Bonchev–Trinajstić information content (AvgIpc) is 2.99. The number of carbonyl (C=O) groups is 1. The van der Waals surface area contributed by atoms with Gasteiger partial charge in [0.1, 0.15) is 5.54 Å². The number of carboxylic acids is 1. The summed E-state index contributed by atoms with van der Waals surface area (Å²) in [5.41, 5.74) is 6.66. The lowest BCUT2D eigenvalue weighted by molar-refractivity contribution is -0.144. The van der Waals surface area contributed by atoms with Crippen LogP contribution in [0.2, 0.25) is 0 Å². The highest BCUT2D eigenvalue weighted by molar-refractivity contribution is 5.82. The van der Waals surface area contributed by atoms with E-state index in [2.05, 4.69) is 0 Å². The standard InChI is InChI=1S/C13H17NO2/c1-9-5-3-4-6-10(9)13(7-8-13)12(2,14)11(15)16/h3-6H,7-8,14H2,1-2H3,(H,15,16). The molecule has 0 aliphatic heterocycles. The van der Waals surface area contributed by atoms with Crippen molar-refractivity contribution in [1.82, 2.24) is 0 Å². The van der Waals surface area contributed by atoms with Gasteiger partial charge in [-0.1, -0.05) is 24.3 Å². The highest BCUT2D eigenvalue weighted by Crippen LogP contribution is 2.55. The Morgan fingerprint density at radius 3 is 2.44 bits per heavy atom. The summed E-state index contributed by atoms with van der Waals surface area (Å²) in [5.74, 6) is -0.923. The first-order valence-electron chi connectivity index (χ1n) is 5.50. The van der Waals surface area contributed by atoms with Gasteiger partial charge in [-0.15, -0.1) is 0 Å². The molecule has 0 saturated heterocycles. The third-order valence-corrected chi connectivity index (χ3v) is 3.85. The van der Waals surface area contributed by atoms with E-state index in [4.69, 9.17) is 5.73 Å². The summed E-state index contributed by atoms with van der Waals surface area (Å²) in [5, 5.41) is 9.24. The minimum absolute atomic E-state index is 0.371. The molecule has 86 valence electrons. The number of benzene rings is 1. The molecule has 1 aromatic rings. The molecule has 0 radical (unpaired) electrons. The number of hydrogen-bond donors (Lipinski definition) is 2. The second kappa shape index (κ2) is 3.32. The molecule has 1 fully saturated rings. The van der Waals surface area contributed by atoms with Crippen molar-refractivity contribution in [2.24, 2.45) is 5.73 Å². The quantitative estimate of drug-likeness (QED) is 0.815. The summed E-state index contributed by atoms with van der Waals surface area (Å²) in [6.45, 7) is 3.63. The summed E-state index contributed by atoms with van der Waals surface area (Å²) < 4.78 is 0. The fourth-order valence-electron chi connectivity index (χ4n) is 2.51. The second-order valence-corrected chi connectivity index (χ2v) is 4.90. The Hall–Kier alpha value is -1.35. The van der Waals surface area contributed by atoms with Crippen LogP contribution in [0.25, 0.3) is 0 Å². The van der Waals surface area contributed by atoms with Gasteiger partial charge in [0.25, 0.3) is 0 Å². The maximum Gasteiger partial charge on any atom is 0.324 e. The molecule has 1 aromatic carbocycles. The molecule has 2 rings (SSSR count). The highest BCUT2D eigenvalue weighted by Gasteiger charge is 2.60. The van der Waals surface area contributed by atoms with Gasteiger partial charge in [-0.25, -0.2) is 0 Å². The molecule has 0 amide bonds. The molecule has 0 heterocycles. The predicted octanol–water partition coefficient (Wildman–Crippen LogP) is 1.83. The van der Waals surface area contributed by atoms with E-state index in [1.54, 1.807) is 6.92 Å². The van der Waals surface area contributed by atoms with E-state index in [-0.39, 0.29) is 5.41 Å². The molecule has 16 heavy (non-hydrogen) atoms. The number of nitrogens with two attached hydrogens (primary N) is 1. The first kappa shape index (κ1) is 11.1. The number of carboxylic acid groups (broad SMARTS) is 1. The molecule has 3 N–H and O–H groups in total. The smallest absolute Gasteiger partial charge is 0.324 e. The van der Waals surface area contributed by atoms with Gasteiger partial charge in [0.2, 0.25) is 0 Å². The van der Waals surface area contributed by atoms with Crippen LogP contribution < -0.4 is 5.73 Å². The summed E-state index contributed by atoms with van der Waals surface area (Å²) in [6, 6.07) is 7.91. The van der Waals surface area contributed by atoms with Crippen LogP contribution >= 0.6 is 0 Å². The average molecular weight is 219 g/mol. The molecule has 1 unspecified atom stereocenters. The van der Waals surface area contributed by atoms with Crippen LogP contribution in [-0.4, -0.2) is 16.6 Å². The normalized spacial score (nSPS) is 21.2. The minimum Gasteiger partial charge on any atom is -0.480 e. The van der Waals surface area contributed by atoms with Crippen LogP contribution in [0.5, 0.6) is 0 Å². The van der Waals surface area contributed by atoms with Gasteiger partial charge >= 0.3 is 5.97 Å². The van der Waals surface area contributed by atoms with Gasteiger partial charge in [-0.3, -0.25) is 4.79 Å². The lowest BCUT2D eigenvalue weighted by Crippen LogP contribution is -2.55. The van der Waals surface area contributed by atoms with Crippen molar-refractivity contribution in [1.29, 1.82) is 0 Å². The van der Waals surface area contributed by atoms with Crippen molar-refractivity contribution in [3.63, 3.8) is 0 Å². The summed E-state index contributed by atoms with van der Waals surface area (Å²) in [4.78, 5) is 11.3. The summed E-state index contributed by atoms with van der Waals surface area (Å²) in [7, 11) is 0. The van der Waals surface area contributed by atoms with E-state index in [1.807, 2.05) is 31.2 Å². The Morgan fingerprint density at radius 1 is 1.44 bits per heavy atom. The van der Waals surface area contributed by atoms with Crippen molar-refractivity contribution >= 4 is 5.97 Å². The van der Waals surface area contributed by atoms with Crippen LogP contribution in [0.15, 0.2) is 24.3 Å². The topological polar surface area (TPSA) is 63.3 Å². The zero-order valence-electron chi connectivity index (χ0n) is 9.66. The molecule has 0 spiro atoms. The molecular weight excluding hydrogens is 202 g/mol. The Labute approximate surface area is 95.3 Å².